The van der Waals surface area contributed by atoms with Crippen LogP contribution in [-0.4, -0.2) is 37.5 Å². The van der Waals surface area contributed by atoms with Crippen LogP contribution < -0.4 is 15.5 Å². The molecule has 2 rings (SSSR count). The zero-order valence-electron chi connectivity index (χ0n) is 13.2. The lowest BCUT2D eigenvalue weighted by Gasteiger charge is -2.24. The fourth-order valence-corrected chi connectivity index (χ4v) is 2.39. The topological polar surface area (TPSA) is 56.7 Å². The molecule has 1 amide bonds. The minimum absolute atomic E-state index is 0.0665. The zero-order valence-corrected chi connectivity index (χ0v) is 13.2. The van der Waals surface area contributed by atoms with E-state index >= 15 is 0 Å². The van der Waals surface area contributed by atoms with Crippen molar-refractivity contribution in [3.8, 4) is 0 Å². The highest BCUT2D eigenvalue weighted by Crippen LogP contribution is 2.27. The lowest BCUT2D eigenvalue weighted by molar-refractivity contribution is -0.117. The molecule has 0 atom stereocenters. The molecule has 0 radical (unpaired) electrons. The van der Waals surface area contributed by atoms with E-state index in [-0.39, 0.29) is 18.0 Å². The fraction of sp³-hybridized carbons (Fsp3) is 0.500. The fourth-order valence-electron chi connectivity index (χ4n) is 2.39. The Morgan fingerprint density at radius 2 is 2.05 bits per heavy atom. The smallest absolute Gasteiger partial charge is 0.246 e. The van der Waals surface area contributed by atoms with Gasteiger partial charge in [-0.25, -0.2) is 0 Å². The van der Waals surface area contributed by atoms with E-state index in [0.29, 0.717) is 5.96 Å². The maximum absolute atomic E-state index is 12.4. The summed E-state index contributed by atoms with van der Waals surface area (Å²) in [6, 6.07) is 8.07. The van der Waals surface area contributed by atoms with Crippen molar-refractivity contribution in [2.45, 2.75) is 32.7 Å². The Kier molecular flexibility index (Phi) is 4.50. The summed E-state index contributed by atoms with van der Waals surface area (Å²) in [5, 5.41) is 6.32. The molecular weight excluding hydrogens is 264 g/mol. The number of hydrogen-bond donors (Lipinski definition) is 2. The number of carbonyl (C=O) groups is 1. The van der Waals surface area contributed by atoms with Gasteiger partial charge in [0.25, 0.3) is 0 Å². The van der Waals surface area contributed by atoms with Crippen molar-refractivity contribution in [3.63, 3.8) is 0 Å². The largest absolute Gasteiger partial charge is 0.352 e. The van der Waals surface area contributed by atoms with Gasteiger partial charge in [-0.15, -0.1) is 0 Å². The van der Waals surface area contributed by atoms with Gasteiger partial charge in [-0.3, -0.25) is 9.79 Å². The molecule has 0 bridgehead atoms. The third kappa shape index (κ3) is 3.97. The number of anilines is 1. The molecule has 1 aromatic rings. The van der Waals surface area contributed by atoms with E-state index in [9.17, 15) is 4.79 Å². The van der Waals surface area contributed by atoms with Crippen molar-refractivity contribution in [1.29, 1.82) is 0 Å². The molecule has 5 nitrogen and oxygen atoms in total. The van der Waals surface area contributed by atoms with Gasteiger partial charge < -0.3 is 15.5 Å². The highest BCUT2D eigenvalue weighted by molar-refractivity contribution is 5.98. The molecule has 1 heterocycles. The highest BCUT2D eigenvalue weighted by atomic mass is 16.2. The number of rotatable bonds is 2. The lowest BCUT2D eigenvalue weighted by Crippen LogP contribution is -2.50. The number of amides is 1. The lowest BCUT2D eigenvalue weighted by atomic mass is 10.1. The van der Waals surface area contributed by atoms with E-state index in [0.717, 1.165) is 18.7 Å². The van der Waals surface area contributed by atoms with Gasteiger partial charge in [0.2, 0.25) is 5.91 Å². The molecule has 1 aliphatic rings. The Morgan fingerprint density at radius 1 is 1.33 bits per heavy atom. The van der Waals surface area contributed by atoms with E-state index in [2.05, 4.69) is 42.5 Å². The summed E-state index contributed by atoms with van der Waals surface area (Å²) in [5.41, 5.74) is 2.18. The monoisotopic (exact) mass is 288 g/mol. The average molecular weight is 288 g/mol. The van der Waals surface area contributed by atoms with Crippen LogP contribution in [0.15, 0.2) is 29.3 Å². The van der Waals surface area contributed by atoms with Crippen LogP contribution in [0.2, 0.25) is 0 Å². The zero-order chi connectivity index (χ0) is 15.5. The first-order valence-corrected chi connectivity index (χ1v) is 7.28. The number of para-hydroxylation sites is 1. The van der Waals surface area contributed by atoms with E-state index in [4.69, 9.17) is 0 Å². The maximum atomic E-state index is 12.4. The second-order valence-electron chi connectivity index (χ2n) is 6.22. The molecule has 0 saturated heterocycles. The summed E-state index contributed by atoms with van der Waals surface area (Å²) in [7, 11) is 1.71. The Hall–Kier alpha value is -2.04. The second-order valence-corrected chi connectivity index (χ2v) is 6.22. The summed E-state index contributed by atoms with van der Waals surface area (Å²) in [4.78, 5) is 18.4. The summed E-state index contributed by atoms with van der Waals surface area (Å²) in [6.45, 7) is 7.16. The molecule has 5 heteroatoms. The van der Waals surface area contributed by atoms with E-state index in [1.54, 1.807) is 7.05 Å². The first kappa shape index (κ1) is 15.4. The highest BCUT2D eigenvalue weighted by Gasteiger charge is 2.24. The van der Waals surface area contributed by atoms with Crippen molar-refractivity contribution >= 4 is 17.6 Å². The molecule has 2 N–H and O–H groups in total. The Bertz CT molecular complexity index is 545. The number of nitrogens with zero attached hydrogens (tertiary/aromatic N) is 2. The number of guanidine groups is 1. The Morgan fingerprint density at radius 3 is 2.71 bits per heavy atom. The molecule has 1 aromatic carbocycles. The number of fused-ring (bicyclic) bond motifs is 1. The number of benzene rings is 1. The van der Waals surface area contributed by atoms with Gasteiger partial charge in [0, 0.05) is 24.8 Å². The minimum atomic E-state index is -0.0921. The molecule has 0 saturated carbocycles. The summed E-state index contributed by atoms with van der Waals surface area (Å²) >= 11 is 0. The van der Waals surface area contributed by atoms with Crippen molar-refractivity contribution in [1.82, 2.24) is 10.6 Å². The van der Waals surface area contributed by atoms with Crippen molar-refractivity contribution in [2.24, 2.45) is 4.99 Å². The van der Waals surface area contributed by atoms with Crippen LogP contribution in [0.4, 0.5) is 5.69 Å². The molecule has 0 aromatic heterocycles. The van der Waals surface area contributed by atoms with Crippen molar-refractivity contribution < 1.29 is 4.79 Å². The summed E-state index contributed by atoms with van der Waals surface area (Å²) < 4.78 is 0. The number of carbonyl (C=O) groups excluding carboxylic acids is 1. The van der Waals surface area contributed by atoms with Crippen LogP contribution in [0.5, 0.6) is 0 Å². The normalized spacial score (nSPS) is 14.9. The van der Waals surface area contributed by atoms with Gasteiger partial charge in [0.05, 0.1) is 6.54 Å². The van der Waals surface area contributed by atoms with Gasteiger partial charge in [0.1, 0.15) is 0 Å². The quantitative estimate of drug-likeness (QED) is 0.641. The Balaban J connectivity index is 1.94. The first-order valence-electron chi connectivity index (χ1n) is 7.28. The SMILES string of the molecule is CN=C(NCC(=O)N1CCc2ccccc21)NC(C)(C)C. The van der Waals surface area contributed by atoms with Crippen LogP contribution in [0.3, 0.4) is 0 Å². The average Bonchev–Trinajstić information content (AvgIpc) is 2.85. The molecular formula is C16H24N4O. The second kappa shape index (κ2) is 6.16. The third-order valence-electron chi connectivity index (χ3n) is 3.31. The standard InChI is InChI=1S/C16H24N4O/c1-16(2,3)19-15(17-4)18-11-14(21)20-10-9-12-7-5-6-8-13(12)20/h5-8H,9-11H2,1-4H3,(H2,17,18,19). The van der Waals surface area contributed by atoms with Gasteiger partial charge in [-0.05, 0) is 38.8 Å². The minimum Gasteiger partial charge on any atom is -0.352 e. The number of aliphatic imine (C=N–C) groups is 1. The molecule has 0 spiro atoms. The number of hydrogen-bond acceptors (Lipinski definition) is 2. The molecule has 114 valence electrons. The molecule has 0 fully saturated rings. The third-order valence-corrected chi connectivity index (χ3v) is 3.31. The van der Waals surface area contributed by atoms with Gasteiger partial charge in [0.15, 0.2) is 5.96 Å². The summed E-state index contributed by atoms with van der Waals surface area (Å²) in [6.07, 6.45) is 0.927. The molecule has 0 aliphatic carbocycles. The van der Waals surface area contributed by atoms with E-state index in [1.165, 1.54) is 5.56 Å². The van der Waals surface area contributed by atoms with Gasteiger partial charge >= 0.3 is 0 Å². The van der Waals surface area contributed by atoms with E-state index < -0.39 is 0 Å². The first-order chi connectivity index (χ1) is 9.90. The van der Waals surface area contributed by atoms with Crippen LogP contribution >= 0.6 is 0 Å². The van der Waals surface area contributed by atoms with Crippen LogP contribution in [-0.2, 0) is 11.2 Å². The van der Waals surface area contributed by atoms with E-state index in [1.807, 2.05) is 23.1 Å². The molecule has 0 unspecified atom stereocenters. The molecule has 1 aliphatic heterocycles. The number of nitrogens with one attached hydrogen (secondary N) is 2. The predicted molar refractivity (Wildman–Crippen MR) is 86.7 cm³/mol. The Labute approximate surface area is 126 Å². The van der Waals surface area contributed by atoms with Crippen LogP contribution in [0.1, 0.15) is 26.3 Å². The maximum Gasteiger partial charge on any atom is 0.246 e. The van der Waals surface area contributed by atoms with Gasteiger partial charge in [-0.2, -0.15) is 0 Å². The van der Waals surface area contributed by atoms with Crippen LogP contribution in [0, 0.1) is 0 Å². The molecule has 21 heavy (non-hydrogen) atoms. The summed E-state index contributed by atoms with van der Waals surface area (Å²) in [5.74, 6) is 0.708. The van der Waals surface area contributed by atoms with Crippen molar-refractivity contribution in [3.05, 3.63) is 29.8 Å². The van der Waals surface area contributed by atoms with Crippen molar-refractivity contribution in [2.75, 3.05) is 25.0 Å². The predicted octanol–water partition coefficient (Wildman–Crippen LogP) is 1.54. The van der Waals surface area contributed by atoms with Gasteiger partial charge in [-0.1, -0.05) is 18.2 Å². The van der Waals surface area contributed by atoms with Crippen LogP contribution in [0.25, 0.3) is 0 Å².